The molecular formula is C10H10BrCl2NO4S2. The highest BCUT2D eigenvalue weighted by atomic mass is 79.9. The molecular weight excluding hydrogens is 413 g/mol. The zero-order valence-corrected chi connectivity index (χ0v) is 14.7. The summed E-state index contributed by atoms with van der Waals surface area (Å²) < 4.78 is 49.4. The third kappa shape index (κ3) is 3.31. The van der Waals surface area contributed by atoms with Gasteiger partial charge in [0.2, 0.25) is 10.0 Å². The summed E-state index contributed by atoms with van der Waals surface area (Å²) >= 11 is 15.1. The Balaban J connectivity index is 2.42. The molecule has 20 heavy (non-hydrogen) atoms. The van der Waals surface area contributed by atoms with Gasteiger partial charge in [0.25, 0.3) is 0 Å². The van der Waals surface area contributed by atoms with Crippen LogP contribution in [0.3, 0.4) is 0 Å². The number of benzene rings is 1. The summed E-state index contributed by atoms with van der Waals surface area (Å²) in [6.45, 7) is -0.180. The maximum atomic E-state index is 12.5. The molecule has 1 saturated heterocycles. The minimum Gasteiger partial charge on any atom is -0.229 e. The Hall–Kier alpha value is 0.140. The molecule has 0 unspecified atom stereocenters. The van der Waals surface area contributed by atoms with Crippen molar-refractivity contribution in [3.63, 3.8) is 0 Å². The fraction of sp³-hybridized carbons (Fsp3) is 0.400. The number of sulfonamides is 1. The predicted octanol–water partition coefficient (Wildman–Crippen LogP) is 2.18. The van der Waals surface area contributed by atoms with Crippen molar-refractivity contribution in [2.24, 2.45) is 0 Å². The van der Waals surface area contributed by atoms with Gasteiger partial charge >= 0.3 is 0 Å². The van der Waals surface area contributed by atoms with Gasteiger partial charge in [0.1, 0.15) is 4.90 Å². The van der Waals surface area contributed by atoms with Crippen LogP contribution in [0.15, 0.2) is 21.5 Å². The van der Waals surface area contributed by atoms with Crippen LogP contribution < -0.4 is 0 Å². The number of nitrogens with zero attached hydrogens (tertiary/aromatic N) is 1. The Morgan fingerprint density at radius 2 is 1.55 bits per heavy atom. The van der Waals surface area contributed by atoms with E-state index in [1.807, 2.05) is 0 Å². The van der Waals surface area contributed by atoms with Gasteiger partial charge in [0.15, 0.2) is 9.84 Å². The van der Waals surface area contributed by atoms with Gasteiger partial charge in [0, 0.05) is 17.6 Å². The molecule has 2 rings (SSSR count). The van der Waals surface area contributed by atoms with Gasteiger partial charge in [-0.1, -0.05) is 39.1 Å². The number of hydrogen-bond acceptors (Lipinski definition) is 4. The first-order chi connectivity index (χ1) is 9.13. The lowest BCUT2D eigenvalue weighted by atomic mass is 10.4. The third-order valence-electron chi connectivity index (χ3n) is 2.86. The van der Waals surface area contributed by atoms with Crippen LogP contribution in [0.25, 0.3) is 0 Å². The molecule has 112 valence electrons. The molecule has 1 fully saturated rings. The van der Waals surface area contributed by atoms with Crippen molar-refractivity contribution in [1.82, 2.24) is 4.31 Å². The van der Waals surface area contributed by atoms with E-state index >= 15 is 0 Å². The van der Waals surface area contributed by atoms with Crippen LogP contribution in [-0.4, -0.2) is 45.7 Å². The molecule has 0 spiro atoms. The second-order valence-corrected chi connectivity index (χ2v) is 10.2. The monoisotopic (exact) mass is 421 g/mol. The van der Waals surface area contributed by atoms with Gasteiger partial charge in [-0.25, -0.2) is 16.8 Å². The maximum Gasteiger partial charge on any atom is 0.246 e. The van der Waals surface area contributed by atoms with Gasteiger partial charge in [-0.2, -0.15) is 4.31 Å². The molecule has 1 aromatic carbocycles. The molecule has 0 bridgehead atoms. The molecule has 10 heteroatoms. The largest absolute Gasteiger partial charge is 0.246 e. The standard InChI is InChI=1S/C10H10BrCl2NO4S2/c11-7-5-8(12)10(9(13)6-7)20(17,18)14-1-3-19(15,16)4-2-14/h5-6H,1-4H2. The Morgan fingerprint density at radius 3 is 2.00 bits per heavy atom. The number of halogens is 3. The van der Waals surface area contributed by atoms with Crippen molar-refractivity contribution in [3.8, 4) is 0 Å². The minimum absolute atomic E-state index is 0.00203. The van der Waals surface area contributed by atoms with Gasteiger partial charge in [0.05, 0.1) is 21.6 Å². The van der Waals surface area contributed by atoms with E-state index in [0.717, 1.165) is 4.31 Å². The van der Waals surface area contributed by atoms with E-state index in [4.69, 9.17) is 23.2 Å². The number of sulfone groups is 1. The van der Waals surface area contributed by atoms with Crippen LogP contribution >= 0.6 is 39.1 Å². The predicted molar refractivity (Wildman–Crippen MR) is 81.6 cm³/mol. The topological polar surface area (TPSA) is 71.5 Å². The van der Waals surface area contributed by atoms with E-state index in [-0.39, 0.29) is 39.5 Å². The summed E-state index contributed by atoms with van der Waals surface area (Å²) in [5, 5.41) is -0.00406. The van der Waals surface area contributed by atoms with Gasteiger partial charge in [-0.3, -0.25) is 0 Å². The average Bonchev–Trinajstić information content (AvgIpc) is 2.26. The number of hydrogen-bond donors (Lipinski definition) is 0. The molecule has 0 radical (unpaired) electrons. The zero-order chi connectivity index (χ0) is 15.1. The van der Waals surface area contributed by atoms with Crippen LogP contribution in [0.5, 0.6) is 0 Å². The fourth-order valence-electron chi connectivity index (χ4n) is 1.84. The van der Waals surface area contributed by atoms with Crippen LogP contribution in [0.1, 0.15) is 0 Å². The molecule has 0 saturated carbocycles. The smallest absolute Gasteiger partial charge is 0.229 e. The van der Waals surface area contributed by atoms with E-state index < -0.39 is 19.9 Å². The third-order valence-corrected chi connectivity index (χ3v) is 7.75. The number of rotatable bonds is 2. The second kappa shape index (κ2) is 5.73. The molecule has 0 aromatic heterocycles. The van der Waals surface area contributed by atoms with Gasteiger partial charge < -0.3 is 0 Å². The van der Waals surface area contributed by atoms with Crippen molar-refractivity contribution in [2.45, 2.75) is 4.90 Å². The quantitative estimate of drug-likeness (QED) is 0.732. The Kier molecular flexibility index (Phi) is 4.73. The van der Waals surface area contributed by atoms with Gasteiger partial charge in [-0.05, 0) is 12.1 Å². The van der Waals surface area contributed by atoms with E-state index in [9.17, 15) is 16.8 Å². The molecule has 1 aromatic rings. The first-order valence-corrected chi connectivity index (χ1v) is 10.3. The van der Waals surface area contributed by atoms with Crippen LogP contribution in [0.4, 0.5) is 0 Å². The maximum absolute atomic E-state index is 12.5. The lowest BCUT2D eigenvalue weighted by Gasteiger charge is -2.26. The van der Waals surface area contributed by atoms with Crippen molar-refractivity contribution < 1.29 is 16.8 Å². The first-order valence-electron chi connectivity index (χ1n) is 5.48. The summed E-state index contributed by atoms with van der Waals surface area (Å²) in [4.78, 5) is -0.191. The highest BCUT2D eigenvalue weighted by molar-refractivity contribution is 9.10. The Bertz CT molecular complexity index is 712. The summed E-state index contributed by atoms with van der Waals surface area (Å²) in [6.07, 6.45) is 0. The Morgan fingerprint density at radius 1 is 1.10 bits per heavy atom. The van der Waals surface area contributed by atoms with Crippen molar-refractivity contribution in [1.29, 1.82) is 0 Å². The summed E-state index contributed by atoms with van der Waals surface area (Å²) in [7, 11) is -7.07. The van der Waals surface area contributed by atoms with Crippen LogP contribution in [0, 0.1) is 0 Å². The van der Waals surface area contributed by atoms with Gasteiger partial charge in [-0.15, -0.1) is 0 Å². The summed E-state index contributed by atoms with van der Waals surface area (Å²) in [6, 6.07) is 2.86. The molecule has 1 heterocycles. The van der Waals surface area contributed by atoms with Crippen molar-refractivity contribution >= 4 is 59.0 Å². The highest BCUT2D eigenvalue weighted by Gasteiger charge is 2.34. The van der Waals surface area contributed by atoms with Crippen molar-refractivity contribution in [2.75, 3.05) is 24.6 Å². The Labute approximate surface area is 136 Å². The second-order valence-electron chi connectivity index (χ2n) is 4.25. The summed E-state index contributed by atoms with van der Waals surface area (Å²) in [5.41, 5.74) is 0. The average molecular weight is 423 g/mol. The normalized spacial score (nSPS) is 19.9. The lowest BCUT2D eigenvalue weighted by molar-refractivity contribution is 0.431. The van der Waals surface area contributed by atoms with Crippen LogP contribution in [-0.2, 0) is 19.9 Å². The van der Waals surface area contributed by atoms with Crippen molar-refractivity contribution in [3.05, 3.63) is 26.7 Å². The molecule has 0 N–H and O–H groups in total. The summed E-state index contributed by atoms with van der Waals surface area (Å²) in [5.74, 6) is -0.393. The van der Waals surface area contributed by atoms with E-state index in [1.165, 1.54) is 12.1 Å². The highest BCUT2D eigenvalue weighted by Crippen LogP contribution is 2.35. The zero-order valence-electron chi connectivity index (χ0n) is 10.0. The molecule has 5 nitrogen and oxygen atoms in total. The SMILES string of the molecule is O=S1(=O)CCN(S(=O)(=O)c2c(Cl)cc(Br)cc2Cl)CC1. The van der Waals surface area contributed by atoms with E-state index in [2.05, 4.69) is 15.9 Å². The molecule has 0 atom stereocenters. The minimum atomic E-state index is -3.91. The fourth-order valence-corrected chi connectivity index (χ4v) is 6.60. The first kappa shape index (κ1) is 16.5. The molecule has 0 amide bonds. The van der Waals surface area contributed by atoms with E-state index in [0.29, 0.717) is 4.47 Å². The molecule has 1 aliphatic heterocycles. The molecule has 1 aliphatic rings. The van der Waals surface area contributed by atoms with Crippen LogP contribution in [0.2, 0.25) is 10.0 Å². The molecule has 0 aliphatic carbocycles. The lowest BCUT2D eigenvalue weighted by Crippen LogP contribution is -2.43. The van der Waals surface area contributed by atoms with E-state index in [1.54, 1.807) is 0 Å².